The van der Waals surface area contributed by atoms with Crippen molar-refractivity contribution in [2.45, 2.75) is 6.42 Å². The molecule has 0 saturated heterocycles. The van der Waals surface area contributed by atoms with Crippen molar-refractivity contribution in [2.75, 3.05) is 18.0 Å². The number of halogens is 1. The van der Waals surface area contributed by atoms with Crippen LogP contribution in [0.2, 0.25) is 5.02 Å². The maximum Gasteiger partial charge on any atom is 0.261 e. The predicted octanol–water partition coefficient (Wildman–Crippen LogP) is 6.65. The Bertz CT molecular complexity index is 1490. The minimum atomic E-state index is -0.222. The third kappa shape index (κ3) is 3.78. The molecule has 0 spiro atoms. The molecule has 0 N–H and O–H groups in total. The molecule has 2 aliphatic heterocycles. The van der Waals surface area contributed by atoms with Gasteiger partial charge in [-0.15, -0.1) is 0 Å². The number of benzene rings is 4. The van der Waals surface area contributed by atoms with Crippen LogP contribution in [0.4, 0.5) is 17.1 Å². The van der Waals surface area contributed by atoms with Gasteiger partial charge in [0.05, 0.1) is 33.9 Å². The third-order valence-electron chi connectivity index (χ3n) is 6.61. The van der Waals surface area contributed by atoms with Crippen molar-refractivity contribution in [2.24, 2.45) is 4.99 Å². The van der Waals surface area contributed by atoms with Crippen molar-refractivity contribution in [1.82, 2.24) is 4.90 Å². The Morgan fingerprint density at radius 2 is 1.17 bits per heavy atom. The molecule has 0 aliphatic carbocycles. The number of carbonyl (C=O) groups is 2. The van der Waals surface area contributed by atoms with Gasteiger partial charge >= 0.3 is 0 Å². The van der Waals surface area contributed by atoms with E-state index in [0.29, 0.717) is 35.7 Å². The maximum absolute atomic E-state index is 12.8. The van der Waals surface area contributed by atoms with Gasteiger partial charge in [-0.1, -0.05) is 66.2 Å². The monoisotopic (exact) mass is 491 g/mol. The van der Waals surface area contributed by atoms with Crippen LogP contribution in [0.5, 0.6) is 0 Å². The second-order valence-electron chi connectivity index (χ2n) is 8.79. The zero-order chi connectivity index (χ0) is 24.6. The van der Waals surface area contributed by atoms with E-state index in [1.165, 1.54) is 4.90 Å². The molecule has 2 heterocycles. The summed E-state index contributed by atoms with van der Waals surface area (Å²) < 4.78 is 0. The highest BCUT2D eigenvalue weighted by Crippen LogP contribution is 2.40. The Morgan fingerprint density at radius 3 is 1.86 bits per heavy atom. The lowest BCUT2D eigenvalue weighted by Crippen LogP contribution is -2.33. The molecule has 5 nitrogen and oxygen atoms in total. The summed E-state index contributed by atoms with van der Waals surface area (Å²) in [6.45, 7) is 0.961. The molecule has 0 fully saturated rings. The summed E-state index contributed by atoms with van der Waals surface area (Å²) >= 11 is 6.15. The van der Waals surface area contributed by atoms with Crippen molar-refractivity contribution in [3.8, 4) is 0 Å². The molecule has 176 valence electrons. The van der Waals surface area contributed by atoms with E-state index in [1.807, 2.05) is 54.6 Å². The smallest absolute Gasteiger partial charge is 0.261 e. The van der Waals surface area contributed by atoms with Crippen LogP contribution in [-0.2, 0) is 0 Å². The standard InChI is InChI=1S/C30H22ClN3O2/c31-21-16-14-20(15-17-21)28-24-10-3-5-12-26(24)33(27-13-6-4-11-25(27)32-28)18-7-19-34-29(35)22-8-1-2-9-23(22)30(34)36/h1-6,8-17H,7,18-19H2. The SMILES string of the molecule is O=C1c2ccccc2C(=O)N1CCCN1c2ccccc2N=C(c2ccc(Cl)cc2)c2ccccc21. The molecular formula is C30H22ClN3O2. The fraction of sp³-hybridized carbons (Fsp3) is 0.100. The summed E-state index contributed by atoms with van der Waals surface area (Å²) in [5.74, 6) is -0.443. The van der Waals surface area contributed by atoms with Gasteiger partial charge in [-0.3, -0.25) is 14.5 Å². The van der Waals surface area contributed by atoms with Gasteiger partial charge < -0.3 is 4.90 Å². The second kappa shape index (κ2) is 9.10. The van der Waals surface area contributed by atoms with E-state index in [1.54, 1.807) is 24.3 Å². The van der Waals surface area contributed by atoms with Crippen LogP contribution in [-0.4, -0.2) is 35.5 Å². The van der Waals surface area contributed by atoms with Gasteiger partial charge in [0, 0.05) is 29.2 Å². The number of para-hydroxylation sites is 3. The molecule has 0 radical (unpaired) electrons. The predicted molar refractivity (Wildman–Crippen MR) is 143 cm³/mol. The molecule has 4 aromatic carbocycles. The van der Waals surface area contributed by atoms with Crippen LogP contribution in [0.15, 0.2) is 102 Å². The number of nitrogens with zero attached hydrogens (tertiary/aromatic N) is 3. The first kappa shape index (κ1) is 22.3. The van der Waals surface area contributed by atoms with Crippen molar-refractivity contribution < 1.29 is 9.59 Å². The molecule has 0 bridgehead atoms. The minimum Gasteiger partial charge on any atom is -0.339 e. The van der Waals surface area contributed by atoms with Crippen LogP contribution in [0.3, 0.4) is 0 Å². The number of hydrogen-bond acceptors (Lipinski definition) is 4. The highest BCUT2D eigenvalue weighted by Gasteiger charge is 2.34. The van der Waals surface area contributed by atoms with Gasteiger partial charge in [-0.25, -0.2) is 4.99 Å². The summed E-state index contributed by atoms with van der Waals surface area (Å²) in [5.41, 5.74) is 6.70. The van der Waals surface area contributed by atoms with E-state index < -0.39 is 0 Å². The maximum atomic E-state index is 12.8. The van der Waals surface area contributed by atoms with Crippen molar-refractivity contribution in [1.29, 1.82) is 0 Å². The van der Waals surface area contributed by atoms with Gasteiger partial charge in [-0.05, 0) is 48.9 Å². The quantitative estimate of drug-likeness (QED) is 0.294. The highest BCUT2D eigenvalue weighted by molar-refractivity contribution is 6.30. The first-order chi connectivity index (χ1) is 17.6. The number of amides is 2. The molecular weight excluding hydrogens is 470 g/mol. The first-order valence-corrected chi connectivity index (χ1v) is 12.3. The zero-order valence-electron chi connectivity index (χ0n) is 19.4. The third-order valence-corrected chi connectivity index (χ3v) is 6.87. The van der Waals surface area contributed by atoms with Crippen molar-refractivity contribution in [3.05, 3.63) is 124 Å². The van der Waals surface area contributed by atoms with Crippen LogP contribution < -0.4 is 4.90 Å². The number of rotatable bonds is 5. The highest BCUT2D eigenvalue weighted by atomic mass is 35.5. The van der Waals surface area contributed by atoms with Gasteiger partial charge in [0.1, 0.15) is 0 Å². The summed E-state index contributed by atoms with van der Waals surface area (Å²) in [4.78, 5) is 34.3. The largest absolute Gasteiger partial charge is 0.339 e. The Hall–Kier alpha value is -4.22. The number of anilines is 2. The Morgan fingerprint density at radius 1 is 0.611 bits per heavy atom. The minimum absolute atomic E-state index is 0.222. The average Bonchev–Trinajstić information content (AvgIpc) is 3.06. The molecule has 2 amide bonds. The fourth-order valence-electron chi connectivity index (χ4n) is 4.90. The van der Waals surface area contributed by atoms with E-state index >= 15 is 0 Å². The van der Waals surface area contributed by atoms with Crippen LogP contribution >= 0.6 is 11.6 Å². The molecule has 2 aliphatic rings. The lowest BCUT2D eigenvalue weighted by molar-refractivity contribution is 0.0653. The molecule has 0 unspecified atom stereocenters. The van der Waals surface area contributed by atoms with Crippen LogP contribution in [0.1, 0.15) is 38.3 Å². The molecule has 6 heteroatoms. The molecule has 4 aromatic rings. The van der Waals surface area contributed by atoms with E-state index in [0.717, 1.165) is 33.9 Å². The Balaban J connectivity index is 1.33. The van der Waals surface area contributed by atoms with E-state index in [2.05, 4.69) is 23.1 Å². The van der Waals surface area contributed by atoms with Gasteiger partial charge in [0.2, 0.25) is 0 Å². The summed E-state index contributed by atoms with van der Waals surface area (Å²) in [6.07, 6.45) is 0.615. The lowest BCUT2D eigenvalue weighted by atomic mass is 10.00. The Kier molecular flexibility index (Phi) is 5.62. The molecule has 0 aromatic heterocycles. The molecule has 36 heavy (non-hydrogen) atoms. The van der Waals surface area contributed by atoms with Gasteiger partial charge in [-0.2, -0.15) is 0 Å². The van der Waals surface area contributed by atoms with Gasteiger partial charge in [0.15, 0.2) is 0 Å². The van der Waals surface area contributed by atoms with Crippen LogP contribution in [0, 0.1) is 0 Å². The topological polar surface area (TPSA) is 53.0 Å². The Labute approximate surface area is 214 Å². The van der Waals surface area contributed by atoms with E-state index in [9.17, 15) is 9.59 Å². The second-order valence-corrected chi connectivity index (χ2v) is 9.22. The molecule has 0 saturated carbocycles. The summed E-state index contributed by atoms with van der Waals surface area (Å²) in [6, 6.07) is 31.0. The number of fused-ring (bicyclic) bond motifs is 3. The van der Waals surface area contributed by atoms with Gasteiger partial charge in [0.25, 0.3) is 11.8 Å². The lowest BCUT2D eigenvalue weighted by Gasteiger charge is -2.27. The van der Waals surface area contributed by atoms with Crippen LogP contribution in [0.25, 0.3) is 0 Å². The first-order valence-electron chi connectivity index (χ1n) is 11.9. The average molecular weight is 492 g/mol. The molecule has 6 rings (SSSR count). The number of carbonyl (C=O) groups excluding carboxylic acids is 2. The fourth-order valence-corrected chi connectivity index (χ4v) is 5.03. The molecule has 0 atom stereocenters. The summed E-state index contributed by atoms with van der Waals surface area (Å²) in [7, 11) is 0. The normalized spacial score (nSPS) is 14.2. The van der Waals surface area contributed by atoms with Crippen molar-refractivity contribution in [3.63, 3.8) is 0 Å². The van der Waals surface area contributed by atoms with E-state index in [4.69, 9.17) is 16.6 Å². The number of imide groups is 1. The van der Waals surface area contributed by atoms with Crippen molar-refractivity contribution >= 4 is 46.2 Å². The zero-order valence-corrected chi connectivity index (χ0v) is 20.2. The van der Waals surface area contributed by atoms with E-state index in [-0.39, 0.29) is 11.8 Å². The summed E-state index contributed by atoms with van der Waals surface area (Å²) in [5, 5.41) is 0.677. The number of aliphatic imine (C=N–C) groups is 1. The number of hydrogen-bond donors (Lipinski definition) is 0.